The average molecular weight is 466 g/mol. The van der Waals surface area contributed by atoms with E-state index in [1.807, 2.05) is 18.2 Å². The Kier molecular flexibility index (Phi) is 10.2. The van der Waals surface area contributed by atoms with Gasteiger partial charge in [0.25, 0.3) is 0 Å². The first kappa shape index (κ1) is 26.5. The van der Waals surface area contributed by atoms with Gasteiger partial charge in [-0.05, 0) is 73.2 Å². The Balaban J connectivity index is 1.92. The lowest BCUT2D eigenvalue weighted by Crippen LogP contribution is -2.11. The van der Waals surface area contributed by atoms with Gasteiger partial charge in [-0.3, -0.25) is 4.79 Å². The van der Waals surface area contributed by atoms with Crippen LogP contribution in [0.5, 0.6) is 17.2 Å². The number of carbonyl (C=O) groups is 2. The van der Waals surface area contributed by atoms with E-state index in [1.54, 1.807) is 25.1 Å². The van der Waals surface area contributed by atoms with Crippen LogP contribution in [0.15, 0.2) is 42.0 Å². The van der Waals surface area contributed by atoms with E-state index >= 15 is 0 Å². The Morgan fingerprint density at radius 3 is 2.50 bits per heavy atom. The number of nitrogens with zero attached hydrogens (tertiary/aromatic N) is 1. The zero-order chi connectivity index (χ0) is 25.1. The Labute approximate surface area is 200 Å². The molecule has 0 aliphatic rings. The molecule has 0 heterocycles. The second-order valence-electron chi connectivity index (χ2n) is 7.90. The zero-order valence-corrected chi connectivity index (χ0v) is 20.3. The minimum atomic E-state index is -0.701. The number of rotatable bonds is 11. The molecule has 7 nitrogen and oxygen atoms in total. The number of nitriles is 1. The molecule has 0 bridgehead atoms. The normalized spacial score (nSPS) is 11.0. The summed E-state index contributed by atoms with van der Waals surface area (Å²) in [4.78, 5) is 24.1. The van der Waals surface area contributed by atoms with Crippen LogP contribution >= 0.6 is 0 Å². The highest BCUT2D eigenvalue weighted by molar-refractivity contribution is 5.98. The highest BCUT2D eigenvalue weighted by Crippen LogP contribution is 2.29. The van der Waals surface area contributed by atoms with Gasteiger partial charge in [-0.2, -0.15) is 5.26 Å². The van der Waals surface area contributed by atoms with Gasteiger partial charge in [-0.1, -0.05) is 26.0 Å². The lowest BCUT2D eigenvalue weighted by molar-refractivity contribution is -0.138. The second-order valence-corrected chi connectivity index (χ2v) is 7.90. The third-order valence-corrected chi connectivity index (χ3v) is 5.00. The second kappa shape index (κ2) is 13.0. The molecule has 7 heteroatoms. The van der Waals surface area contributed by atoms with Gasteiger partial charge in [-0.15, -0.1) is 0 Å². The van der Waals surface area contributed by atoms with Crippen LogP contribution < -0.4 is 14.2 Å². The van der Waals surface area contributed by atoms with E-state index in [-0.39, 0.29) is 24.4 Å². The predicted octanol–water partition coefficient (Wildman–Crippen LogP) is 5.36. The molecule has 0 aliphatic heterocycles. The maximum atomic E-state index is 12.3. The van der Waals surface area contributed by atoms with E-state index in [2.05, 4.69) is 26.8 Å². The maximum Gasteiger partial charge on any atom is 0.348 e. The van der Waals surface area contributed by atoms with E-state index in [1.165, 1.54) is 24.3 Å². The Bertz CT molecular complexity index is 1080. The number of ether oxygens (including phenoxy) is 4. The fraction of sp³-hybridized carbons (Fsp3) is 0.370. The molecule has 2 aromatic carbocycles. The molecule has 0 unspecified atom stereocenters. The molecule has 0 aliphatic carbocycles. The fourth-order valence-corrected chi connectivity index (χ4v) is 3.34. The summed E-state index contributed by atoms with van der Waals surface area (Å²) in [5.41, 5.74) is 2.87. The van der Waals surface area contributed by atoms with Crippen molar-refractivity contribution in [1.29, 1.82) is 5.26 Å². The number of benzene rings is 2. The third-order valence-electron chi connectivity index (χ3n) is 5.00. The van der Waals surface area contributed by atoms with Gasteiger partial charge in [0.2, 0.25) is 0 Å². The van der Waals surface area contributed by atoms with Gasteiger partial charge in [-0.25, -0.2) is 4.79 Å². The van der Waals surface area contributed by atoms with Crippen LogP contribution in [0.1, 0.15) is 56.2 Å². The van der Waals surface area contributed by atoms with Gasteiger partial charge < -0.3 is 18.9 Å². The highest BCUT2D eigenvalue weighted by Gasteiger charge is 2.13. The fourth-order valence-electron chi connectivity index (χ4n) is 3.34. The third kappa shape index (κ3) is 7.66. The molecule has 0 saturated heterocycles. The SMILES string of the molecule is CCOC(=O)/C(C#N)=C/c1ccc(OC(=O)CCCOc2ccc(C(C)C)c(C)c2)c(OC)c1. The van der Waals surface area contributed by atoms with Crippen LogP contribution in [0.4, 0.5) is 0 Å². The number of hydrogen-bond donors (Lipinski definition) is 0. The molecule has 0 N–H and O–H groups in total. The van der Waals surface area contributed by atoms with E-state index in [0.717, 1.165) is 5.75 Å². The molecule has 2 rings (SSSR count). The molecule has 34 heavy (non-hydrogen) atoms. The lowest BCUT2D eigenvalue weighted by Gasteiger charge is -2.13. The van der Waals surface area contributed by atoms with Gasteiger partial charge in [0.1, 0.15) is 17.4 Å². The zero-order valence-electron chi connectivity index (χ0n) is 20.3. The topological polar surface area (TPSA) is 94.9 Å². The van der Waals surface area contributed by atoms with Crippen molar-refractivity contribution in [3.63, 3.8) is 0 Å². The van der Waals surface area contributed by atoms with Crippen LogP contribution in [-0.4, -0.2) is 32.3 Å². The molecule has 180 valence electrons. The first-order chi connectivity index (χ1) is 16.3. The van der Waals surface area contributed by atoms with E-state index in [4.69, 9.17) is 18.9 Å². The average Bonchev–Trinajstić information content (AvgIpc) is 2.81. The molecule has 0 saturated carbocycles. The first-order valence-electron chi connectivity index (χ1n) is 11.2. The van der Waals surface area contributed by atoms with Crippen LogP contribution in [0.2, 0.25) is 0 Å². The van der Waals surface area contributed by atoms with Gasteiger partial charge in [0.05, 0.1) is 20.3 Å². The molecule has 2 aromatic rings. The molecule has 0 radical (unpaired) electrons. The minimum absolute atomic E-state index is 0.136. The summed E-state index contributed by atoms with van der Waals surface area (Å²) in [5.74, 6) is 0.672. The number of carbonyl (C=O) groups excluding carboxylic acids is 2. The maximum absolute atomic E-state index is 12.3. The van der Waals surface area contributed by atoms with E-state index in [0.29, 0.717) is 30.3 Å². The van der Waals surface area contributed by atoms with Crippen molar-refractivity contribution in [3.8, 4) is 23.3 Å². The molecule has 0 amide bonds. The Hall–Kier alpha value is -3.79. The number of aryl methyl sites for hydroxylation is 1. The standard InChI is InChI=1S/C27H31NO6/c1-6-32-27(30)21(17-28)15-20-9-12-24(25(16-20)31-5)34-26(29)8-7-13-33-22-10-11-23(18(2)3)19(4)14-22/h9-12,14-16,18H,6-8,13H2,1-5H3/b21-15+. The van der Waals surface area contributed by atoms with Crippen molar-refractivity contribution in [1.82, 2.24) is 0 Å². The van der Waals surface area contributed by atoms with Crippen LogP contribution in [0, 0.1) is 18.3 Å². The minimum Gasteiger partial charge on any atom is -0.494 e. The number of methoxy groups -OCH3 is 1. The predicted molar refractivity (Wildman–Crippen MR) is 129 cm³/mol. The summed E-state index contributed by atoms with van der Waals surface area (Å²) in [6.45, 7) is 8.59. The molecular weight excluding hydrogens is 434 g/mol. The van der Waals surface area contributed by atoms with E-state index < -0.39 is 11.9 Å². The van der Waals surface area contributed by atoms with Gasteiger partial charge >= 0.3 is 11.9 Å². The Morgan fingerprint density at radius 2 is 1.88 bits per heavy atom. The summed E-state index contributed by atoms with van der Waals surface area (Å²) >= 11 is 0. The van der Waals surface area contributed by atoms with Crippen LogP contribution in [0.25, 0.3) is 6.08 Å². The summed E-state index contributed by atoms with van der Waals surface area (Å²) in [7, 11) is 1.44. The quantitative estimate of drug-likeness (QED) is 0.145. The Morgan fingerprint density at radius 1 is 1.12 bits per heavy atom. The van der Waals surface area contributed by atoms with Crippen molar-refractivity contribution >= 4 is 18.0 Å². The first-order valence-corrected chi connectivity index (χ1v) is 11.2. The van der Waals surface area contributed by atoms with Crippen molar-refractivity contribution in [2.45, 2.75) is 46.5 Å². The van der Waals surface area contributed by atoms with Crippen LogP contribution in [0.3, 0.4) is 0 Å². The lowest BCUT2D eigenvalue weighted by atomic mass is 9.98. The monoisotopic (exact) mass is 465 g/mol. The highest BCUT2D eigenvalue weighted by atomic mass is 16.6. The smallest absolute Gasteiger partial charge is 0.348 e. The van der Waals surface area contributed by atoms with Crippen molar-refractivity contribution in [3.05, 3.63) is 58.7 Å². The molecular formula is C27H31NO6. The molecule has 0 atom stereocenters. The largest absolute Gasteiger partial charge is 0.494 e. The summed E-state index contributed by atoms with van der Waals surface area (Å²) in [6.07, 6.45) is 2.06. The molecule has 0 spiro atoms. The van der Waals surface area contributed by atoms with Gasteiger partial charge in [0, 0.05) is 6.42 Å². The van der Waals surface area contributed by atoms with E-state index in [9.17, 15) is 14.9 Å². The molecule has 0 aromatic heterocycles. The van der Waals surface area contributed by atoms with Gasteiger partial charge in [0.15, 0.2) is 11.5 Å². The van der Waals surface area contributed by atoms with Crippen molar-refractivity contribution in [2.75, 3.05) is 20.3 Å². The number of esters is 2. The summed E-state index contributed by atoms with van der Waals surface area (Å²) < 4.78 is 21.3. The van der Waals surface area contributed by atoms with Crippen LogP contribution in [-0.2, 0) is 14.3 Å². The summed E-state index contributed by atoms with van der Waals surface area (Å²) in [5, 5.41) is 9.18. The van der Waals surface area contributed by atoms with Crippen molar-refractivity contribution < 1.29 is 28.5 Å². The molecule has 0 fully saturated rings. The van der Waals surface area contributed by atoms with Crippen molar-refractivity contribution in [2.24, 2.45) is 0 Å². The number of hydrogen-bond acceptors (Lipinski definition) is 7. The summed E-state index contributed by atoms with van der Waals surface area (Å²) in [6, 6.07) is 12.6.